The Morgan fingerprint density at radius 2 is 0.333 bits per heavy atom. The summed E-state index contributed by atoms with van der Waals surface area (Å²) < 4.78 is 0. The Morgan fingerprint density at radius 1 is 0.333 bits per heavy atom. The third-order valence-electron chi connectivity index (χ3n) is 0. The summed E-state index contributed by atoms with van der Waals surface area (Å²) in [5, 5.41) is 0. The van der Waals surface area contributed by atoms with Crippen LogP contribution in [0.4, 0.5) is 0 Å². The molecular weight excluding hydrogens is 268 g/mol. The van der Waals surface area contributed by atoms with Crippen molar-refractivity contribution in [3.05, 3.63) is 0 Å². The van der Waals surface area contributed by atoms with Gasteiger partial charge in [0.25, 0.3) is 0 Å². The first kappa shape index (κ1) is 862. The normalized spacial score (nSPS) is 0. The minimum absolute atomic E-state index is 0. The van der Waals surface area contributed by atoms with E-state index in [1.54, 1.807) is 0 Å². The molecule has 0 bridgehead atoms. The molecule has 0 spiro atoms. The molecule has 0 aromatic rings. The molecule has 0 aromatic heterocycles. The molecule has 0 saturated heterocycles. The third-order valence-corrected chi connectivity index (χ3v) is 0. The smallest absolute Gasteiger partial charge is 0 e. The van der Waals surface area contributed by atoms with E-state index >= 15 is 0 Å². The summed E-state index contributed by atoms with van der Waals surface area (Å²) in [7, 11) is 0. The Hall–Kier alpha value is 0.963. The van der Waals surface area contributed by atoms with Gasteiger partial charge >= 0.3 is 0 Å². The van der Waals surface area contributed by atoms with Gasteiger partial charge < -0.3 is 32.9 Å². The molecule has 0 atom stereocenters. The molecule has 0 amide bonds. The van der Waals surface area contributed by atoms with Crippen LogP contribution in [0.25, 0.3) is 0 Å². The van der Waals surface area contributed by atoms with E-state index in [1.807, 2.05) is 0 Å². The molecule has 72 valence electrons. The summed E-state index contributed by atoms with van der Waals surface area (Å²) in [5.74, 6) is 0. The molecular formula is H14Cl2O6Ru. The Labute approximate surface area is 77.4 Å². The molecule has 6 nitrogen and oxygen atoms in total. The monoisotopic (exact) mass is 282 g/mol. The second-order valence-corrected chi connectivity index (χ2v) is 0. The largest absolute Gasteiger partial charge is 0.412 e. The van der Waals surface area contributed by atoms with E-state index in [9.17, 15) is 0 Å². The van der Waals surface area contributed by atoms with E-state index in [-0.39, 0.29) is 77.1 Å². The molecule has 0 fully saturated rings. The molecule has 0 aliphatic rings. The molecule has 12 N–H and O–H groups in total. The Morgan fingerprint density at radius 3 is 0.333 bits per heavy atom. The van der Waals surface area contributed by atoms with Crippen LogP contribution in [0.3, 0.4) is 0 Å². The minimum atomic E-state index is 0. The molecule has 9 heavy (non-hydrogen) atoms. The van der Waals surface area contributed by atoms with Crippen molar-refractivity contribution in [3.63, 3.8) is 0 Å². The minimum Gasteiger partial charge on any atom is -0.412 e. The molecule has 0 saturated carbocycles. The van der Waals surface area contributed by atoms with Gasteiger partial charge in [-0.1, -0.05) is 0 Å². The van der Waals surface area contributed by atoms with Crippen molar-refractivity contribution < 1.29 is 52.3 Å². The number of hydrogen-bond donors (Lipinski definition) is 0. The SMILES string of the molecule is Cl.Cl.O.O.O.O.O.O.[Ru]. The van der Waals surface area contributed by atoms with Gasteiger partial charge in [-0.15, -0.1) is 24.8 Å². The maximum absolute atomic E-state index is 0. The molecule has 0 aromatic carbocycles. The van der Waals surface area contributed by atoms with Crippen LogP contribution in [0.2, 0.25) is 0 Å². The summed E-state index contributed by atoms with van der Waals surface area (Å²) in [5.41, 5.74) is 0. The molecule has 0 unspecified atom stereocenters. The predicted molar refractivity (Wildman–Crippen MR) is 36.2 cm³/mol. The standard InChI is InChI=1S/2ClH.6H2O.Ru/h2*1H;6*1H2;. The van der Waals surface area contributed by atoms with Gasteiger partial charge in [-0.2, -0.15) is 0 Å². The molecule has 0 heterocycles. The molecule has 0 radical (unpaired) electrons. The molecule has 0 aliphatic heterocycles. The Balaban J connectivity index is 0. The summed E-state index contributed by atoms with van der Waals surface area (Å²) in [4.78, 5) is 0. The van der Waals surface area contributed by atoms with Gasteiger partial charge in [-0.3, -0.25) is 0 Å². The number of rotatable bonds is 0. The molecule has 9 heteroatoms. The first-order valence-corrected chi connectivity index (χ1v) is 0. The maximum atomic E-state index is 0. The predicted octanol–water partition coefficient (Wildman–Crippen LogP) is -4.11. The van der Waals surface area contributed by atoms with Crippen molar-refractivity contribution in [3.8, 4) is 0 Å². The van der Waals surface area contributed by atoms with E-state index in [4.69, 9.17) is 0 Å². The second kappa shape index (κ2) is 612. The van der Waals surface area contributed by atoms with Crippen molar-refractivity contribution >= 4 is 24.8 Å². The Bertz CT molecular complexity index is 11.0. The van der Waals surface area contributed by atoms with Crippen molar-refractivity contribution in [2.75, 3.05) is 0 Å². The van der Waals surface area contributed by atoms with Crippen LogP contribution < -0.4 is 0 Å². The van der Waals surface area contributed by atoms with Crippen LogP contribution in [0, 0.1) is 0 Å². The van der Waals surface area contributed by atoms with Crippen molar-refractivity contribution in [1.29, 1.82) is 0 Å². The fourth-order valence-corrected chi connectivity index (χ4v) is 0. The first-order chi connectivity index (χ1) is 0. The molecule has 0 rings (SSSR count). The van der Waals surface area contributed by atoms with Gasteiger partial charge in [0, 0.05) is 19.5 Å². The summed E-state index contributed by atoms with van der Waals surface area (Å²) in [6.07, 6.45) is 0. The quantitative estimate of drug-likeness (QED) is 0.390. The second-order valence-electron chi connectivity index (χ2n) is 0. The fourth-order valence-electron chi connectivity index (χ4n) is 0. The topological polar surface area (TPSA) is 189 Å². The van der Waals surface area contributed by atoms with E-state index in [0.29, 0.717) is 0 Å². The zero-order valence-corrected chi connectivity index (χ0v) is 7.54. The van der Waals surface area contributed by atoms with Crippen molar-refractivity contribution in [2.45, 2.75) is 0 Å². The molecule has 0 aliphatic carbocycles. The van der Waals surface area contributed by atoms with Gasteiger partial charge in [0.1, 0.15) is 0 Å². The van der Waals surface area contributed by atoms with Crippen LogP contribution in [-0.2, 0) is 19.5 Å². The van der Waals surface area contributed by atoms with Crippen molar-refractivity contribution in [2.24, 2.45) is 0 Å². The zero-order valence-electron chi connectivity index (χ0n) is 4.17. The van der Waals surface area contributed by atoms with Crippen LogP contribution in [0.1, 0.15) is 0 Å². The van der Waals surface area contributed by atoms with E-state index in [2.05, 4.69) is 0 Å². The van der Waals surface area contributed by atoms with Crippen LogP contribution in [0.15, 0.2) is 0 Å². The maximum Gasteiger partial charge on any atom is 0 e. The van der Waals surface area contributed by atoms with Crippen molar-refractivity contribution in [1.82, 2.24) is 0 Å². The Kier molecular flexibility index (Phi) is 58700. The van der Waals surface area contributed by atoms with Gasteiger partial charge in [-0.25, -0.2) is 0 Å². The average molecular weight is 282 g/mol. The zero-order chi connectivity index (χ0) is 0. The van der Waals surface area contributed by atoms with Gasteiger partial charge in [0.05, 0.1) is 0 Å². The summed E-state index contributed by atoms with van der Waals surface area (Å²) in [6.45, 7) is 0. The van der Waals surface area contributed by atoms with Gasteiger partial charge in [0.15, 0.2) is 0 Å². The van der Waals surface area contributed by atoms with E-state index < -0.39 is 0 Å². The van der Waals surface area contributed by atoms with Crippen LogP contribution in [-0.4, -0.2) is 32.9 Å². The summed E-state index contributed by atoms with van der Waals surface area (Å²) in [6, 6.07) is 0. The number of hydrogen-bond acceptors (Lipinski definition) is 0. The van der Waals surface area contributed by atoms with Crippen LogP contribution in [0.5, 0.6) is 0 Å². The van der Waals surface area contributed by atoms with Gasteiger partial charge in [-0.05, 0) is 0 Å². The average Bonchev–Trinajstić information content (AvgIpc) is 0. The van der Waals surface area contributed by atoms with E-state index in [0.717, 1.165) is 0 Å². The van der Waals surface area contributed by atoms with Crippen LogP contribution >= 0.6 is 24.8 Å². The fraction of sp³-hybridized carbons (Fsp3) is 0. The summed E-state index contributed by atoms with van der Waals surface area (Å²) >= 11 is 0. The van der Waals surface area contributed by atoms with E-state index in [1.165, 1.54) is 0 Å². The third kappa shape index (κ3) is 468. The number of halogens is 2. The van der Waals surface area contributed by atoms with Gasteiger partial charge in [0.2, 0.25) is 0 Å². The first-order valence-electron chi connectivity index (χ1n) is 0.